The van der Waals surface area contributed by atoms with Crippen molar-refractivity contribution < 1.29 is 4.52 Å². The van der Waals surface area contributed by atoms with Crippen LogP contribution in [0.15, 0.2) is 59.1 Å². The van der Waals surface area contributed by atoms with Crippen molar-refractivity contribution in [2.75, 3.05) is 13.1 Å². The van der Waals surface area contributed by atoms with Crippen LogP contribution in [0.2, 0.25) is 0 Å². The molecule has 1 aliphatic rings. The topological polar surface area (TPSA) is 51.0 Å². The first-order valence-corrected chi connectivity index (χ1v) is 8.57. The highest BCUT2D eigenvalue weighted by Crippen LogP contribution is 2.23. The van der Waals surface area contributed by atoms with E-state index in [1.54, 1.807) is 0 Å². The molecule has 2 heterocycles. The highest BCUT2D eigenvalue weighted by Gasteiger charge is 2.16. The Morgan fingerprint density at radius 2 is 1.68 bits per heavy atom. The predicted molar refractivity (Wildman–Crippen MR) is 102 cm³/mol. The average Bonchev–Trinajstić information content (AvgIpc) is 3.33. The minimum Gasteiger partial charge on any atom is -0.339 e. The van der Waals surface area contributed by atoms with E-state index >= 15 is 0 Å². The molecule has 0 bridgehead atoms. The lowest BCUT2D eigenvalue weighted by Crippen LogP contribution is -2.09. The molecule has 1 unspecified atom stereocenters. The largest absolute Gasteiger partial charge is 0.339 e. The number of rotatable bonds is 5. The Morgan fingerprint density at radius 3 is 2.40 bits per heavy atom. The quantitative estimate of drug-likeness (QED) is 0.738. The fraction of sp³-hybridized carbons (Fsp3) is 0.300. The Kier molecular flexibility index (Phi) is 5.84. The maximum atomic E-state index is 5.41. The lowest BCUT2D eigenvalue weighted by atomic mass is 10.0. The summed E-state index contributed by atoms with van der Waals surface area (Å²) in [6.45, 7) is 2.25. The molecule has 1 aromatic heterocycles. The predicted octanol–water partition coefficient (Wildman–Crippen LogP) is 4.37. The number of halogens is 1. The summed E-state index contributed by atoms with van der Waals surface area (Å²) in [6.07, 6.45) is 3.23. The standard InChI is InChI=1S/C20H21N3O.ClH/c1-2-4-16(5-3-1)17-7-9-18(10-8-17)20-22-19(24-23-20)11-6-15-12-13-21-14-15;/h1-5,7-10,15,21H,6,11-14H2;1H. The summed E-state index contributed by atoms with van der Waals surface area (Å²) in [7, 11) is 0. The number of nitrogens with zero attached hydrogens (tertiary/aromatic N) is 2. The molecule has 0 spiro atoms. The van der Waals surface area contributed by atoms with Gasteiger partial charge in [0.15, 0.2) is 0 Å². The molecule has 1 N–H and O–H groups in total. The van der Waals surface area contributed by atoms with Crippen molar-refractivity contribution in [3.63, 3.8) is 0 Å². The molecule has 1 fully saturated rings. The molecule has 1 aliphatic heterocycles. The maximum Gasteiger partial charge on any atom is 0.226 e. The van der Waals surface area contributed by atoms with Crippen LogP contribution in [0.25, 0.3) is 22.5 Å². The smallest absolute Gasteiger partial charge is 0.226 e. The molecule has 0 aliphatic carbocycles. The van der Waals surface area contributed by atoms with Gasteiger partial charge in [-0.3, -0.25) is 0 Å². The van der Waals surface area contributed by atoms with Crippen LogP contribution in [-0.2, 0) is 6.42 Å². The number of benzene rings is 2. The van der Waals surface area contributed by atoms with E-state index in [-0.39, 0.29) is 12.4 Å². The van der Waals surface area contributed by atoms with Crippen molar-refractivity contribution in [1.29, 1.82) is 0 Å². The molecule has 0 saturated carbocycles. The van der Waals surface area contributed by atoms with Gasteiger partial charge in [-0.15, -0.1) is 12.4 Å². The van der Waals surface area contributed by atoms with E-state index in [1.165, 1.54) is 17.5 Å². The lowest BCUT2D eigenvalue weighted by molar-refractivity contribution is 0.365. The first-order valence-electron chi connectivity index (χ1n) is 8.57. The second-order valence-electron chi connectivity index (χ2n) is 6.35. The van der Waals surface area contributed by atoms with Crippen LogP contribution >= 0.6 is 12.4 Å². The van der Waals surface area contributed by atoms with Crippen molar-refractivity contribution in [2.24, 2.45) is 5.92 Å². The van der Waals surface area contributed by atoms with Gasteiger partial charge in [-0.25, -0.2) is 0 Å². The molecule has 0 radical (unpaired) electrons. The molecular weight excluding hydrogens is 334 g/mol. The second kappa shape index (κ2) is 8.28. The van der Waals surface area contributed by atoms with Crippen molar-refractivity contribution in [2.45, 2.75) is 19.3 Å². The molecule has 1 saturated heterocycles. The third-order valence-electron chi connectivity index (χ3n) is 4.65. The van der Waals surface area contributed by atoms with Gasteiger partial charge in [0.25, 0.3) is 0 Å². The highest BCUT2D eigenvalue weighted by atomic mass is 35.5. The summed E-state index contributed by atoms with van der Waals surface area (Å²) in [5.74, 6) is 2.16. The van der Waals surface area contributed by atoms with E-state index in [1.807, 2.05) is 6.07 Å². The van der Waals surface area contributed by atoms with Crippen LogP contribution in [0.1, 0.15) is 18.7 Å². The van der Waals surface area contributed by atoms with Crippen LogP contribution in [0.4, 0.5) is 0 Å². The van der Waals surface area contributed by atoms with Gasteiger partial charge < -0.3 is 9.84 Å². The average molecular weight is 356 g/mol. The van der Waals surface area contributed by atoms with Gasteiger partial charge in [0.1, 0.15) is 0 Å². The zero-order chi connectivity index (χ0) is 16.2. The molecular formula is C20H22ClN3O. The van der Waals surface area contributed by atoms with Crippen molar-refractivity contribution in [1.82, 2.24) is 15.5 Å². The minimum atomic E-state index is 0. The fourth-order valence-electron chi connectivity index (χ4n) is 3.20. The number of nitrogens with one attached hydrogen (secondary N) is 1. The Balaban J connectivity index is 0.00000182. The number of hydrogen-bond donors (Lipinski definition) is 1. The Morgan fingerprint density at radius 1 is 0.960 bits per heavy atom. The minimum absolute atomic E-state index is 0. The van der Waals surface area contributed by atoms with Gasteiger partial charge in [-0.05, 0) is 43.0 Å². The summed E-state index contributed by atoms with van der Waals surface area (Å²) in [4.78, 5) is 4.55. The molecule has 1 atom stereocenters. The number of aryl methyl sites for hydroxylation is 1. The third kappa shape index (κ3) is 4.27. The molecule has 2 aromatic carbocycles. The highest BCUT2D eigenvalue weighted by molar-refractivity contribution is 5.85. The first-order chi connectivity index (χ1) is 11.9. The van der Waals surface area contributed by atoms with Gasteiger partial charge in [-0.1, -0.05) is 59.8 Å². The molecule has 4 nitrogen and oxygen atoms in total. The van der Waals surface area contributed by atoms with Crippen molar-refractivity contribution in [3.8, 4) is 22.5 Å². The van der Waals surface area contributed by atoms with Crippen LogP contribution < -0.4 is 5.32 Å². The van der Waals surface area contributed by atoms with Gasteiger partial charge in [0.05, 0.1) is 0 Å². The number of aromatic nitrogens is 2. The van der Waals surface area contributed by atoms with Crippen LogP contribution in [0.3, 0.4) is 0 Å². The van der Waals surface area contributed by atoms with Crippen LogP contribution in [0, 0.1) is 5.92 Å². The van der Waals surface area contributed by atoms with E-state index in [4.69, 9.17) is 4.52 Å². The van der Waals surface area contributed by atoms with Gasteiger partial charge in [0.2, 0.25) is 11.7 Å². The molecule has 5 heteroatoms. The first kappa shape index (κ1) is 17.6. The van der Waals surface area contributed by atoms with E-state index in [9.17, 15) is 0 Å². The maximum absolute atomic E-state index is 5.41. The lowest BCUT2D eigenvalue weighted by Gasteiger charge is -2.04. The second-order valence-corrected chi connectivity index (χ2v) is 6.35. The van der Waals surface area contributed by atoms with Crippen LogP contribution in [0.5, 0.6) is 0 Å². The summed E-state index contributed by atoms with van der Waals surface area (Å²) >= 11 is 0. The summed E-state index contributed by atoms with van der Waals surface area (Å²) in [6, 6.07) is 18.7. The van der Waals surface area contributed by atoms with Crippen molar-refractivity contribution in [3.05, 3.63) is 60.5 Å². The zero-order valence-electron chi connectivity index (χ0n) is 14.0. The number of hydrogen-bond acceptors (Lipinski definition) is 4. The SMILES string of the molecule is Cl.c1ccc(-c2ccc(-c3noc(CCC4CCNC4)n3)cc2)cc1. The van der Waals surface area contributed by atoms with E-state index in [2.05, 4.69) is 64.0 Å². The summed E-state index contributed by atoms with van der Waals surface area (Å²) < 4.78 is 5.41. The van der Waals surface area contributed by atoms with E-state index < -0.39 is 0 Å². The van der Waals surface area contributed by atoms with E-state index in [0.29, 0.717) is 5.82 Å². The van der Waals surface area contributed by atoms with E-state index in [0.717, 1.165) is 43.3 Å². The van der Waals surface area contributed by atoms with Gasteiger partial charge in [0, 0.05) is 12.0 Å². The summed E-state index contributed by atoms with van der Waals surface area (Å²) in [5, 5.41) is 7.52. The Labute approximate surface area is 154 Å². The summed E-state index contributed by atoms with van der Waals surface area (Å²) in [5.41, 5.74) is 3.40. The molecule has 25 heavy (non-hydrogen) atoms. The van der Waals surface area contributed by atoms with Gasteiger partial charge >= 0.3 is 0 Å². The molecule has 0 amide bonds. The van der Waals surface area contributed by atoms with Gasteiger partial charge in [-0.2, -0.15) is 4.98 Å². The monoisotopic (exact) mass is 355 g/mol. The van der Waals surface area contributed by atoms with Crippen molar-refractivity contribution >= 4 is 12.4 Å². The zero-order valence-corrected chi connectivity index (χ0v) is 14.8. The Bertz CT molecular complexity index is 780. The Hall–Kier alpha value is -2.17. The molecule has 3 aromatic rings. The fourth-order valence-corrected chi connectivity index (χ4v) is 3.20. The normalized spacial score (nSPS) is 16.6. The van der Waals surface area contributed by atoms with Crippen LogP contribution in [-0.4, -0.2) is 23.2 Å². The molecule has 130 valence electrons. The molecule has 4 rings (SSSR count). The third-order valence-corrected chi connectivity index (χ3v) is 4.65.